The molecule has 1 unspecified atom stereocenters. The van der Waals surface area contributed by atoms with E-state index in [1.165, 1.54) is 18.4 Å². The first-order valence-corrected chi connectivity index (χ1v) is 5.89. The van der Waals surface area contributed by atoms with Crippen molar-refractivity contribution >= 4 is 0 Å². The van der Waals surface area contributed by atoms with Crippen molar-refractivity contribution in [1.29, 1.82) is 0 Å². The molecule has 0 aromatic carbocycles. The molecule has 1 aliphatic heterocycles. The molecule has 1 saturated carbocycles. The molecule has 0 bridgehead atoms. The van der Waals surface area contributed by atoms with Gasteiger partial charge in [-0.15, -0.1) is 0 Å². The average molecular weight is 219 g/mol. The van der Waals surface area contributed by atoms with Crippen molar-refractivity contribution in [3.8, 4) is 0 Å². The fraction of sp³-hybridized carbons (Fsp3) is 0.667. The van der Waals surface area contributed by atoms with Gasteiger partial charge >= 0.3 is 0 Å². The molecule has 1 fully saturated rings. The number of ether oxygens (including phenoxy) is 1. The molecule has 1 aromatic rings. The molecule has 1 N–H and O–H groups in total. The molecule has 3 rings (SSSR count). The van der Waals surface area contributed by atoms with E-state index in [-0.39, 0.29) is 6.10 Å². The minimum absolute atomic E-state index is 0.101. The van der Waals surface area contributed by atoms with E-state index in [0.29, 0.717) is 5.92 Å². The Kier molecular flexibility index (Phi) is 2.41. The first-order chi connectivity index (χ1) is 7.79. The maximum atomic E-state index is 5.53. The molecule has 2 aliphatic rings. The zero-order valence-corrected chi connectivity index (χ0v) is 9.79. The van der Waals surface area contributed by atoms with Crippen molar-refractivity contribution in [3.05, 3.63) is 22.8 Å². The van der Waals surface area contributed by atoms with Crippen LogP contribution < -0.4 is 5.32 Å². The summed E-state index contributed by atoms with van der Waals surface area (Å²) in [5.74, 6) is 1.52. The highest BCUT2D eigenvalue weighted by atomic mass is 16.5. The van der Waals surface area contributed by atoms with Gasteiger partial charge in [-0.1, -0.05) is 0 Å². The molecule has 4 heteroatoms. The largest absolute Gasteiger partial charge is 0.373 e. The van der Waals surface area contributed by atoms with Crippen LogP contribution in [0.15, 0.2) is 0 Å². The second kappa shape index (κ2) is 3.79. The van der Waals surface area contributed by atoms with E-state index in [1.54, 1.807) is 7.11 Å². The first-order valence-electron chi connectivity index (χ1n) is 5.89. The average Bonchev–Trinajstić information content (AvgIpc) is 2.96. The fourth-order valence-electron chi connectivity index (χ4n) is 2.40. The van der Waals surface area contributed by atoms with Gasteiger partial charge in [0.15, 0.2) is 5.82 Å². The molecule has 16 heavy (non-hydrogen) atoms. The monoisotopic (exact) mass is 219 g/mol. The van der Waals surface area contributed by atoms with Crippen molar-refractivity contribution in [2.45, 2.75) is 39.0 Å². The Hall–Kier alpha value is -1.00. The summed E-state index contributed by atoms with van der Waals surface area (Å²) in [7, 11) is 1.76. The van der Waals surface area contributed by atoms with E-state index in [2.05, 4.69) is 22.2 Å². The van der Waals surface area contributed by atoms with Gasteiger partial charge in [0.2, 0.25) is 0 Å². The minimum Gasteiger partial charge on any atom is -0.373 e. The highest BCUT2D eigenvalue weighted by Crippen LogP contribution is 2.42. The summed E-state index contributed by atoms with van der Waals surface area (Å²) in [5, 5.41) is 3.31. The molecule has 0 radical (unpaired) electrons. The van der Waals surface area contributed by atoms with Crippen molar-refractivity contribution in [2.24, 2.45) is 5.92 Å². The van der Waals surface area contributed by atoms with Gasteiger partial charge in [0.05, 0.1) is 5.69 Å². The number of nitrogens with one attached hydrogen (secondary N) is 1. The van der Waals surface area contributed by atoms with E-state index >= 15 is 0 Å². The Morgan fingerprint density at radius 2 is 2.12 bits per heavy atom. The third kappa shape index (κ3) is 1.62. The molecule has 4 nitrogen and oxygen atoms in total. The van der Waals surface area contributed by atoms with Gasteiger partial charge in [-0.05, 0) is 25.7 Å². The molecule has 1 aromatic heterocycles. The predicted octanol–water partition coefficient (Wildman–Crippen LogP) is 1.49. The van der Waals surface area contributed by atoms with Crippen LogP contribution in [0.3, 0.4) is 0 Å². The van der Waals surface area contributed by atoms with Gasteiger partial charge in [0.1, 0.15) is 6.10 Å². The van der Waals surface area contributed by atoms with E-state index in [0.717, 1.165) is 30.3 Å². The Bertz CT molecular complexity index is 415. The zero-order valence-electron chi connectivity index (χ0n) is 9.79. The van der Waals surface area contributed by atoms with Crippen LogP contribution in [-0.4, -0.2) is 17.1 Å². The molecular weight excluding hydrogens is 202 g/mol. The number of methoxy groups -OCH3 is 1. The van der Waals surface area contributed by atoms with Crippen molar-refractivity contribution in [2.75, 3.05) is 7.11 Å². The third-order valence-electron chi connectivity index (χ3n) is 3.47. The van der Waals surface area contributed by atoms with E-state index in [1.807, 2.05) is 0 Å². The summed E-state index contributed by atoms with van der Waals surface area (Å²) in [4.78, 5) is 9.25. The van der Waals surface area contributed by atoms with Crippen LogP contribution in [-0.2, 0) is 17.8 Å². The quantitative estimate of drug-likeness (QED) is 0.836. The van der Waals surface area contributed by atoms with Crippen LogP contribution in [0.4, 0.5) is 0 Å². The van der Waals surface area contributed by atoms with Gasteiger partial charge in [0, 0.05) is 31.5 Å². The summed E-state index contributed by atoms with van der Waals surface area (Å²) < 4.78 is 5.53. The highest BCUT2D eigenvalue weighted by Gasteiger charge is 2.35. The van der Waals surface area contributed by atoms with Crippen LogP contribution in [0, 0.1) is 12.8 Å². The van der Waals surface area contributed by atoms with Gasteiger partial charge in [-0.3, -0.25) is 0 Å². The molecular formula is C12H17N3O. The van der Waals surface area contributed by atoms with Crippen LogP contribution in [0.25, 0.3) is 0 Å². The standard InChI is InChI=1S/C12H17N3O/c1-7-9-5-13-6-10(9)15-12(14-7)11(16-2)8-3-4-8/h8,11,13H,3-6H2,1-2H3. The molecule has 86 valence electrons. The summed E-state index contributed by atoms with van der Waals surface area (Å²) in [6, 6.07) is 0. The molecule has 0 spiro atoms. The lowest BCUT2D eigenvalue weighted by Crippen LogP contribution is -2.12. The normalized spacial score (nSPS) is 20.9. The topological polar surface area (TPSA) is 47.0 Å². The van der Waals surface area contributed by atoms with Crippen molar-refractivity contribution in [3.63, 3.8) is 0 Å². The number of aryl methyl sites for hydroxylation is 1. The number of rotatable bonds is 3. The Morgan fingerprint density at radius 3 is 2.81 bits per heavy atom. The van der Waals surface area contributed by atoms with E-state index in [4.69, 9.17) is 4.74 Å². The van der Waals surface area contributed by atoms with E-state index in [9.17, 15) is 0 Å². The SMILES string of the molecule is COC(c1nc(C)c2c(n1)CNC2)C1CC1. The fourth-order valence-corrected chi connectivity index (χ4v) is 2.40. The van der Waals surface area contributed by atoms with E-state index < -0.39 is 0 Å². The number of aromatic nitrogens is 2. The summed E-state index contributed by atoms with van der Waals surface area (Å²) in [6.45, 7) is 3.84. The lowest BCUT2D eigenvalue weighted by molar-refractivity contribution is 0.0768. The zero-order chi connectivity index (χ0) is 11.1. The summed E-state index contributed by atoms with van der Waals surface area (Å²) >= 11 is 0. The van der Waals surface area contributed by atoms with Gasteiger partial charge in [-0.25, -0.2) is 9.97 Å². The Balaban J connectivity index is 1.98. The highest BCUT2D eigenvalue weighted by molar-refractivity contribution is 5.29. The number of nitrogens with zero attached hydrogens (tertiary/aromatic N) is 2. The minimum atomic E-state index is 0.101. The predicted molar refractivity (Wildman–Crippen MR) is 59.8 cm³/mol. The second-order valence-corrected chi connectivity index (χ2v) is 4.69. The number of hydrogen-bond acceptors (Lipinski definition) is 4. The van der Waals surface area contributed by atoms with Crippen molar-refractivity contribution in [1.82, 2.24) is 15.3 Å². The molecule has 2 heterocycles. The maximum absolute atomic E-state index is 5.53. The van der Waals surface area contributed by atoms with Gasteiger partial charge in [-0.2, -0.15) is 0 Å². The van der Waals surface area contributed by atoms with Crippen LogP contribution >= 0.6 is 0 Å². The molecule has 0 saturated heterocycles. The molecule has 1 aliphatic carbocycles. The second-order valence-electron chi connectivity index (χ2n) is 4.69. The van der Waals surface area contributed by atoms with Gasteiger partial charge < -0.3 is 10.1 Å². The lowest BCUT2D eigenvalue weighted by atomic mass is 10.1. The van der Waals surface area contributed by atoms with Crippen LogP contribution in [0.2, 0.25) is 0 Å². The number of hydrogen-bond donors (Lipinski definition) is 1. The van der Waals surface area contributed by atoms with Crippen molar-refractivity contribution < 1.29 is 4.74 Å². The summed E-state index contributed by atoms with van der Waals surface area (Å²) in [6.07, 6.45) is 2.59. The summed E-state index contributed by atoms with van der Waals surface area (Å²) in [5.41, 5.74) is 3.53. The first kappa shape index (κ1) is 10.2. The van der Waals surface area contributed by atoms with Crippen LogP contribution in [0.1, 0.15) is 41.7 Å². The molecule has 0 amide bonds. The third-order valence-corrected chi connectivity index (χ3v) is 3.47. The maximum Gasteiger partial charge on any atom is 0.157 e. The van der Waals surface area contributed by atoms with Gasteiger partial charge in [0.25, 0.3) is 0 Å². The smallest absolute Gasteiger partial charge is 0.157 e. The molecule has 1 atom stereocenters. The Labute approximate surface area is 95.4 Å². The number of fused-ring (bicyclic) bond motifs is 1. The lowest BCUT2D eigenvalue weighted by Gasteiger charge is -2.14. The van der Waals surface area contributed by atoms with Crippen LogP contribution in [0.5, 0.6) is 0 Å². The Morgan fingerprint density at radius 1 is 1.31 bits per heavy atom.